The maximum Gasteiger partial charge on any atom is 0.344 e. The first-order valence-corrected chi connectivity index (χ1v) is 6.42. The number of carbonyl (C=O) groups is 1. The molecule has 1 aromatic rings. The Bertz CT molecular complexity index is 448. The van der Waals surface area contributed by atoms with Gasteiger partial charge in [-0.3, -0.25) is 10.1 Å². The van der Waals surface area contributed by atoms with Crippen molar-refractivity contribution in [1.82, 2.24) is 0 Å². The average Bonchev–Trinajstić information content (AvgIpc) is 2.26. The number of halogens is 2. The normalized spacial score (nSPS) is 10.4. The van der Waals surface area contributed by atoms with E-state index in [2.05, 4.69) is 36.6 Å². The molecule has 0 unspecified atom stereocenters. The smallest absolute Gasteiger partial charge is 0.344 e. The summed E-state index contributed by atoms with van der Waals surface area (Å²) in [4.78, 5) is 21.6. The Balaban J connectivity index is 3.19. The number of rotatable bonds is 4. The highest BCUT2D eigenvalue weighted by Crippen LogP contribution is 2.23. The van der Waals surface area contributed by atoms with Gasteiger partial charge in [0.15, 0.2) is 0 Å². The second-order valence-electron chi connectivity index (χ2n) is 3.20. The van der Waals surface area contributed by atoms with Gasteiger partial charge in [0.05, 0.1) is 15.8 Å². The van der Waals surface area contributed by atoms with Gasteiger partial charge in [-0.05, 0) is 18.1 Å². The predicted octanol–water partition coefficient (Wildman–Crippen LogP) is 3.04. The first-order valence-electron chi connectivity index (χ1n) is 4.59. The van der Waals surface area contributed by atoms with Gasteiger partial charge in [0.2, 0.25) is 0 Å². The van der Waals surface area contributed by atoms with Crippen molar-refractivity contribution in [3.8, 4) is 0 Å². The van der Waals surface area contributed by atoms with Gasteiger partial charge in [-0.15, -0.1) is 0 Å². The van der Waals surface area contributed by atoms with Crippen LogP contribution in [0.5, 0.6) is 0 Å². The highest BCUT2D eigenvalue weighted by atomic mass is 79.9. The topological polar surface area (TPSA) is 69.4 Å². The summed E-state index contributed by atoms with van der Waals surface area (Å²) >= 11 is 6.61. The summed E-state index contributed by atoms with van der Waals surface area (Å²) in [6.45, 7) is 0. The largest absolute Gasteiger partial charge is 0.465 e. The molecule has 92 valence electrons. The first-order chi connectivity index (χ1) is 7.95. The number of carbonyl (C=O) groups excluding carboxylic acids is 1. The second kappa shape index (κ2) is 6.11. The number of benzene rings is 1. The number of nitro groups is 1. The lowest BCUT2D eigenvalue weighted by Gasteiger charge is -2.05. The molecule has 0 aliphatic carbocycles. The van der Waals surface area contributed by atoms with Crippen LogP contribution in [0.4, 0.5) is 5.69 Å². The molecule has 0 saturated heterocycles. The zero-order valence-corrected chi connectivity index (χ0v) is 12.0. The molecular weight excluding hydrogens is 358 g/mol. The molecule has 0 spiro atoms. The van der Waals surface area contributed by atoms with Gasteiger partial charge < -0.3 is 4.74 Å². The standard InChI is InChI=1S/C10H9Br2NO4/c1-17-10(14)7-4-6(5-9(11)12)2-3-8(7)13(15)16/h2-4,9H,5H2,1H3. The van der Waals surface area contributed by atoms with Crippen molar-refractivity contribution in [2.75, 3.05) is 7.11 Å². The van der Waals surface area contributed by atoms with Crippen LogP contribution in [0.3, 0.4) is 0 Å². The van der Waals surface area contributed by atoms with Crippen molar-refractivity contribution in [3.63, 3.8) is 0 Å². The van der Waals surface area contributed by atoms with E-state index < -0.39 is 10.9 Å². The lowest BCUT2D eigenvalue weighted by Crippen LogP contribution is -2.07. The summed E-state index contributed by atoms with van der Waals surface area (Å²) < 4.78 is 4.56. The Labute approximate surface area is 115 Å². The first kappa shape index (κ1) is 14.1. The van der Waals surface area contributed by atoms with E-state index in [4.69, 9.17) is 0 Å². The minimum Gasteiger partial charge on any atom is -0.465 e. The van der Waals surface area contributed by atoms with Gasteiger partial charge in [-0.2, -0.15) is 0 Å². The van der Waals surface area contributed by atoms with E-state index in [1.165, 1.54) is 19.2 Å². The molecule has 0 aromatic heterocycles. The number of hydrogen-bond acceptors (Lipinski definition) is 4. The fourth-order valence-electron chi connectivity index (χ4n) is 1.32. The van der Waals surface area contributed by atoms with Crippen LogP contribution in [-0.2, 0) is 11.2 Å². The average molecular weight is 367 g/mol. The van der Waals surface area contributed by atoms with Crippen LogP contribution in [0.1, 0.15) is 15.9 Å². The summed E-state index contributed by atoms with van der Waals surface area (Å²) in [6, 6.07) is 4.39. The Hall–Kier alpha value is -0.950. The van der Waals surface area contributed by atoms with Crippen molar-refractivity contribution in [2.24, 2.45) is 0 Å². The molecule has 0 aliphatic rings. The molecule has 1 aromatic carbocycles. The molecule has 7 heteroatoms. The molecule has 0 heterocycles. The molecule has 17 heavy (non-hydrogen) atoms. The third-order valence-electron chi connectivity index (χ3n) is 2.05. The number of alkyl halides is 2. The molecule has 0 atom stereocenters. The van der Waals surface area contributed by atoms with Gasteiger partial charge in [0, 0.05) is 6.07 Å². The Morgan fingerprint density at radius 2 is 2.18 bits per heavy atom. The lowest BCUT2D eigenvalue weighted by molar-refractivity contribution is -0.385. The van der Waals surface area contributed by atoms with E-state index in [1.807, 2.05) is 0 Å². The van der Waals surface area contributed by atoms with Crippen molar-refractivity contribution in [2.45, 2.75) is 10.2 Å². The van der Waals surface area contributed by atoms with Crippen molar-refractivity contribution < 1.29 is 14.5 Å². The number of methoxy groups -OCH3 is 1. The van der Waals surface area contributed by atoms with Crippen LogP contribution in [0.25, 0.3) is 0 Å². The highest BCUT2D eigenvalue weighted by Gasteiger charge is 2.21. The number of hydrogen-bond donors (Lipinski definition) is 0. The fraction of sp³-hybridized carbons (Fsp3) is 0.300. The third-order valence-corrected chi connectivity index (χ3v) is 2.70. The zero-order chi connectivity index (χ0) is 13.0. The van der Waals surface area contributed by atoms with Crippen molar-refractivity contribution in [3.05, 3.63) is 39.4 Å². The summed E-state index contributed by atoms with van der Waals surface area (Å²) in [5, 5.41) is 10.8. The van der Waals surface area contributed by atoms with Crippen molar-refractivity contribution >= 4 is 43.5 Å². The monoisotopic (exact) mass is 365 g/mol. The molecule has 0 aliphatic heterocycles. The molecule has 0 fully saturated rings. The van der Waals surface area contributed by atoms with E-state index in [0.29, 0.717) is 6.42 Å². The minimum absolute atomic E-state index is 0.0318. The second-order valence-corrected chi connectivity index (χ2v) is 6.63. The number of nitro benzene ring substituents is 1. The molecule has 0 N–H and O–H groups in total. The number of ether oxygens (including phenoxy) is 1. The summed E-state index contributed by atoms with van der Waals surface area (Å²) in [5.74, 6) is -0.709. The number of esters is 1. The van der Waals surface area contributed by atoms with Crippen LogP contribution in [0, 0.1) is 10.1 Å². The SMILES string of the molecule is COC(=O)c1cc(CC(Br)Br)ccc1[N+](=O)[O-]. The van der Waals surface area contributed by atoms with Gasteiger partial charge in [0.1, 0.15) is 5.56 Å². The third kappa shape index (κ3) is 3.78. The van der Waals surface area contributed by atoms with Crippen LogP contribution in [0.2, 0.25) is 0 Å². The molecule has 0 radical (unpaired) electrons. The minimum atomic E-state index is -0.709. The van der Waals surface area contributed by atoms with Crippen molar-refractivity contribution in [1.29, 1.82) is 0 Å². The summed E-state index contributed by atoms with van der Waals surface area (Å²) in [5.41, 5.74) is 0.520. The van der Waals surface area contributed by atoms with E-state index in [0.717, 1.165) is 5.56 Å². The highest BCUT2D eigenvalue weighted by molar-refractivity contribution is 9.24. The Morgan fingerprint density at radius 3 is 2.65 bits per heavy atom. The quantitative estimate of drug-likeness (QED) is 0.355. The molecule has 0 saturated carbocycles. The van der Waals surface area contributed by atoms with Crippen LogP contribution >= 0.6 is 31.9 Å². The lowest BCUT2D eigenvalue weighted by atomic mass is 10.1. The molecule has 0 amide bonds. The van der Waals surface area contributed by atoms with Crippen LogP contribution in [0.15, 0.2) is 18.2 Å². The van der Waals surface area contributed by atoms with Crippen LogP contribution < -0.4 is 0 Å². The molecule has 1 rings (SSSR count). The van der Waals surface area contributed by atoms with Gasteiger partial charge in [-0.1, -0.05) is 37.9 Å². The van der Waals surface area contributed by atoms with E-state index in [1.54, 1.807) is 6.07 Å². The molecule has 0 bridgehead atoms. The summed E-state index contributed by atoms with van der Waals surface area (Å²) in [6.07, 6.45) is 0.599. The van der Waals surface area contributed by atoms with Gasteiger partial charge in [-0.25, -0.2) is 4.79 Å². The molecule has 5 nitrogen and oxygen atoms in total. The maximum absolute atomic E-state index is 11.4. The molecular formula is C10H9Br2NO4. The zero-order valence-electron chi connectivity index (χ0n) is 8.85. The fourth-order valence-corrected chi connectivity index (χ4v) is 2.07. The Morgan fingerprint density at radius 1 is 1.53 bits per heavy atom. The van der Waals surface area contributed by atoms with Gasteiger partial charge >= 0.3 is 5.97 Å². The van der Waals surface area contributed by atoms with E-state index in [9.17, 15) is 14.9 Å². The van der Waals surface area contributed by atoms with E-state index in [-0.39, 0.29) is 15.0 Å². The Kier molecular flexibility index (Phi) is 5.07. The van der Waals surface area contributed by atoms with Crippen LogP contribution in [-0.4, -0.2) is 21.7 Å². The number of nitrogens with zero attached hydrogens (tertiary/aromatic N) is 1. The van der Waals surface area contributed by atoms with E-state index >= 15 is 0 Å². The predicted molar refractivity (Wildman–Crippen MR) is 69.8 cm³/mol. The maximum atomic E-state index is 11.4. The summed E-state index contributed by atoms with van der Waals surface area (Å²) in [7, 11) is 1.19. The van der Waals surface area contributed by atoms with Gasteiger partial charge in [0.25, 0.3) is 5.69 Å².